The van der Waals surface area contributed by atoms with E-state index >= 15 is 0 Å². The maximum absolute atomic E-state index is 11.6. The van der Waals surface area contributed by atoms with E-state index in [0.717, 1.165) is 5.56 Å². The molecule has 0 amide bonds. The molecular formula is C12H14O2. The highest BCUT2D eigenvalue weighted by Crippen LogP contribution is 2.35. The Labute approximate surface area is 83.9 Å². The molecule has 74 valence electrons. The Balaban J connectivity index is 2.31. The number of cyclic esters (lactones) is 1. The molecule has 2 heteroatoms. The van der Waals surface area contributed by atoms with Crippen LogP contribution in [-0.4, -0.2) is 12.1 Å². The largest absolute Gasteiger partial charge is 0.462 e. The van der Waals surface area contributed by atoms with E-state index in [1.807, 2.05) is 37.3 Å². The summed E-state index contributed by atoms with van der Waals surface area (Å²) in [5.41, 5.74) is 1.06. The van der Waals surface area contributed by atoms with Crippen molar-refractivity contribution in [1.82, 2.24) is 0 Å². The number of hydrogen-bond donors (Lipinski definition) is 0. The number of ether oxygens (including phenoxy) is 1. The highest BCUT2D eigenvalue weighted by atomic mass is 16.6. The summed E-state index contributed by atoms with van der Waals surface area (Å²) in [5, 5.41) is 0. The van der Waals surface area contributed by atoms with Crippen LogP contribution in [0.15, 0.2) is 30.3 Å². The highest BCUT2D eigenvalue weighted by molar-refractivity contribution is 5.80. The van der Waals surface area contributed by atoms with Crippen LogP contribution in [0.2, 0.25) is 0 Å². The van der Waals surface area contributed by atoms with E-state index in [-0.39, 0.29) is 23.9 Å². The van der Waals surface area contributed by atoms with Crippen molar-refractivity contribution >= 4 is 5.97 Å². The predicted molar refractivity (Wildman–Crippen MR) is 53.9 cm³/mol. The summed E-state index contributed by atoms with van der Waals surface area (Å²) in [6.07, 6.45) is 0.0349. The second-order valence-corrected chi connectivity index (χ2v) is 3.89. The van der Waals surface area contributed by atoms with E-state index in [4.69, 9.17) is 4.74 Å². The van der Waals surface area contributed by atoms with Crippen LogP contribution >= 0.6 is 0 Å². The minimum Gasteiger partial charge on any atom is -0.462 e. The van der Waals surface area contributed by atoms with Gasteiger partial charge in [-0.05, 0) is 12.5 Å². The van der Waals surface area contributed by atoms with Gasteiger partial charge in [0, 0.05) is 5.92 Å². The highest BCUT2D eigenvalue weighted by Gasteiger charge is 2.39. The van der Waals surface area contributed by atoms with Crippen molar-refractivity contribution in [2.45, 2.75) is 25.9 Å². The molecule has 0 N–H and O–H groups in total. The Morgan fingerprint density at radius 2 is 1.79 bits per heavy atom. The smallest absolute Gasteiger partial charge is 0.314 e. The number of esters is 1. The zero-order valence-corrected chi connectivity index (χ0v) is 8.44. The summed E-state index contributed by atoms with van der Waals surface area (Å²) < 4.78 is 5.20. The standard InChI is InChI=1S/C12H14O2/c1-8-9(2)14-12(13)11(8)10-6-4-3-5-7-10/h3-9,11H,1-2H3/t8-,9-,11+/m0/s1. The van der Waals surface area contributed by atoms with Gasteiger partial charge in [-0.25, -0.2) is 0 Å². The summed E-state index contributed by atoms with van der Waals surface area (Å²) in [7, 11) is 0. The minimum absolute atomic E-state index is 0.0349. The molecule has 1 aliphatic heterocycles. The van der Waals surface area contributed by atoms with Crippen LogP contribution in [0.5, 0.6) is 0 Å². The molecule has 1 fully saturated rings. The van der Waals surface area contributed by atoms with Crippen LogP contribution in [0.4, 0.5) is 0 Å². The summed E-state index contributed by atoms with van der Waals surface area (Å²) in [6.45, 7) is 4.01. The molecule has 1 aliphatic rings. The Kier molecular flexibility index (Phi) is 2.28. The van der Waals surface area contributed by atoms with E-state index in [2.05, 4.69) is 6.92 Å². The fourth-order valence-electron chi connectivity index (χ4n) is 1.95. The van der Waals surface area contributed by atoms with Crippen LogP contribution in [0, 0.1) is 5.92 Å². The van der Waals surface area contributed by atoms with E-state index < -0.39 is 0 Å². The summed E-state index contributed by atoms with van der Waals surface area (Å²) in [6, 6.07) is 9.84. The third kappa shape index (κ3) is 1.41. The molecule has 0 unspecified atom stereocenters. The number of carbonyl (C=O) groups excluding carboxylic acids is 1. The van der Waals surface area contributed by atoms with Crippen molar-refractivity contribution in [1.29, 1.82) is 0 Å². The molecule has 1 saturated heterocycles. The molecule has 1 heterocycles. The van der Waals surface area contributed by atoms with Gasteiger partial charge in [0.25, 0.3) is 0 Å². The number of hydrogen-bond acceptors (Lipinski definition) is 2. The second kappa shape index (κ2) is 3.45. The molecule has 0 aliphatic carbocycles. The zero-order chi connectivity index (χ0) is 10.1. The van der Waals surface area contributed by atoms with Crippen molar-refractivity contribution in [2.75, 3.05) is 0 Å². The lowest BCUT2D eigenvalue weighted by molar-refractivity contribution is -0.142. The quantitative estimate of drug-likeness (QED) is 0.635. The molecule has 0 aromatic heterocycles. The Morgan fingerprint density at radius 1 is 1.14 bits per heavy atom. The topological polar surface area (TPSA) is 26.3 Å². The lowest BCUT2D eigenvalue weighted by Crippen LogP contribution is -2.13. The van der Waals surface area contributed by atoms with Crippen molar-refractivity contribution in [2.24, 2.45) is 5.92 Å². The van der Waals surface area contributed by atoms with Gasteiger partial charge in [0.05, 0.1) is 5.92 Å². The third-order valence-corrected chi connectivity index (χ3v) is 2.98. The van der Waals surface area contributed by atoms with E-state index in [0.29, 0.717) is 0 Å². The molecular weight excluding hydrogens is 176 g/mol. The molecule has 1 aromatic rings. The maximum Gasteiger partial charge on any atom is 0.314 e. The second-order valence-electron chi connectivity index (χ2n) is 3.89. The first-order valence-corrected chi connectivity index (χ1v) is 4.95. The molecule has 2 nitrogen and oxygen atoms in total. The van der Waals surface area contributed by atoms with Gasteiger partial charge in [-0.15, -0.1) is 0 Å². The summed E-state index contributed by atoms with van der Waals surface area (Å²) in [5.74, 6) is 0.104. The summed E-state index contributed by atoms with van der Waals surface area (Å²) in [4.78, 5) is 11.6. The third-order valence-electron chi connectivity index (χ3n) is 2.98. The average molecular weight is 190 g/mol. The SMILES string of the molecule is C[C@H]1[C@H](C)OC(=O)[C@H]1c1ccccc1. The van der Waals surface area contributed by atoms with E-state index in [1.165, 1.54) is 0 Å². The molecule has 3 atom stereocenters. The van der Waals surface area contributed by atoms with E-state index in [1.54, 1.807) is 0 Å². The van der Waals surface area contributed by atoms with Crippen molar-refractivity contribution in [3.05, 3.63) is 35.9 Å². The fourth-order valence-corrected chi connectivity index (χ4v) is 1.95. The van der Waals surface area contributed by atoms with E-state index in [9.17, 15) is 4.79 Å². The lowest BCUT2D eigenvalue weighted by atomic mass is 9.87. The number of rotatable bonds is 1. The van der Waals surface area contributed by atoms with Gasteiger partial charge in [-0.1, -0.05) is 37.3 Å². The van der Waals surface area contributed by atoms with Gasteiger partial charge < -0.3 is 4.74 Å². The minimum atomic E-state index is -0.0869. The van der Waals surface area contributed by atoms with Gasteiger partial charge >= 0.3 is 5.97 Å². The fraction of sp³-hybridized carbons (Fsp3) is 0.417. The van der Waals surface area contributed by atoms with Gasteiger partial charge in [0.2, 0.25) is 0 Å². The predicted octanol–water partition coefficient (Wildman–Crippen LogP) is 2.35. The molecule has 0 saturated carbocycles. The van der Waals surface area contributed by atoms with Crippen molar-refractivity contribution < 1.29 is 9.53 Å². The van der Waals surface area contributed by atoms with Crippen LogP contribution in [-0.2, 0) is 9.53 Å². The number of benzene rings is 1. The van der Waals surface area contributed by atoms with Gasteiger partial charge in [-0.3, -0.25) is 4.79 Å². The lowest BCUT2D eigenvalue weighted by Gasteiger charge is -2.12. The van der Waals surface area contributed by atoms with Crippen LogP contribution < -0.4 is 0 Å². The van der Waals surface area contributed by atoms with Gasteiger partial charge in [-0.2, -0.15) is 0 Å². The van der Waals surface area contributed by atoms with Gasteiger partial charge in [0.1, 0.15) is 6.10 Å². The van der Waals surface area contributed by atoms with Crippen molar-refractivity contribution in [3.63, 3.8) is 0 Å². The Bertz CT molecular complexity index is 331. The summed E-state index contributed by atoms with van der Waals surface area (Å²) >= 11 is 0. The Hall–Kier alpha value is -1.31. The number of carbonyl (C=O) groups is 1. The normalized spacial score (nSPS) is 31.6. The van der Waals surface area contributed by atoms with Gasteiger partial charge in [0.15, 0.2) is 0 Å². The Morgan fingerprint density at radius 3 is 2.29 bits per heavy atom. The van der Waals surface area contributed by atoms with Crippen LogP contribution in [0.1, 0.15) is 25.3 Å². The van der Waals surface area contributed by atoms with Crippen LogP contribution in [0.25, 0.3) is 0 Å². The molecule has 0 radical (unpaired) electrons. The van der Waals surface area contributed by atoms with Crippen molar-refractivity contribution in [3.8, 4) is 0 Å². The molecule has 0 bridgehead atoms. The first kappa shape index (κ1) is 9.25. The molecule has 0 spiro atoms. The average Bonchev–Trinajstić information content (AvgIpc) is 2.43. The molecule has 14 heavy (non-hydrogen) atoms. The zero-order valence-electron chi connectivity index (χ0n) is 8.44. The van der Waals surface area contributed by atoms with Crippen LogP contribution in [0.3, 0.4) is 0 Å². The monoisotopic (exact) mass is 190 g/mol. The first-order valence-electron chi connectivity index (χ1n) is 4.95. The molecule has 2 rings (SSSR count). The first-order chi connectivity index (χ1) is 6.70. The maximum atomic E-state index is 11.6. The molecule has 1 aromatic carbocycles.